The molecular formula is C14H19Br2NO. The molecule has 0 radical (unpaired) electrons. The number of benzene rings is 1. The van der Waals surface area contributed by atoms with Gasteiger partial charge in [0.2, 0.25) is 5.91 Å². The predicted molar refractivity (Wildman–Crippen MR) is 83.5 cm³/mol. The third kappa shape index (κ3) is 4.73. The summed E-state index contributed by atoms with van der Waals surface area (Å²) in [5.41, 5.74) is 1.03. The lowest BCUT2D eigenvalue weighted by atomic mass is 10.0. The molecule has 0 spiro atoms. The highest BCUT2D eigenvalue weighted by molar-refractivity contribution is 9.09. The summed E-state index contributed by atoms with van der Waals surface area (Å²) in [6, 6.07) is 10.1. The van der Waals surface area contributed by atoms with Crippen LogP contribution in [0.1, 0.15) is 25.3 Å². The Balaban J connectivity index is 2.46. The van der Waals surface area contributed by atoms with E-state index in [4.69, 9.17) is 0 Å². The second-order valence-corrected chi connectivity index (χ2v) is 5.56. The average molecular weight is 377 g/mol. The van der Waals surface area contributed by atoms with Crippen LogP contribution in [0.4, 0.5) is 0 Å². The van der Waals surface area contributed by atoms with Crippen molar-refractivity contribution in [3.63, 3.8) is 0 Å². The number of aryl methyl sites for hydroxylation is 1. The van der Waals surface area contributed by atoms with Crippen molar-refractivity contribution in [3.8, 4) is 0 Å². The molecule has 0 fully saturated rings. The first-order valence-corrected chi connectivity index (χ1v) is 8.37. The number of rotatable bonds is 7. The molecule has 1 aromatic carbocycles. The first kappa shape index (κ1) is 15.7. The zero-order chi connectivity index (χ0) is 13.4. The minimum absolute atomic E-state index is 0.111. The number of nitrogens with one attached hydrogen (secondary N) is 1. The second kappa shape index (κ2) is 7.95. The lowest BCUT2D eigenvalue weighted by molar-refractivity contribution is -0.122. The number of hydrogen-bond donors (Lipinski definition) is 1. The van der Waals surface area contributed by atoms with Crippen LogP contribution in [0.2, 0.25) is 0 Å². The monoisotopic (exact) mass is 375 g/mol. The third-order valence-electron chi connectivity index (χ3n) is 3.08. The molecule has 0 heterocycles. The fraction of sp³-hybridized carbons (Fsp3) is 0.500. The van der Waals surface area contributed by atoms with Crippen LogP contribution in [0, 0.1) is 0 Å². The van der Waals surface area contributed by atoms with E-state index >= 15 is 0 Å². The molecule has 0 unspecified atom stereocenters. The lowest BCUT2D eigenvalue weighted by Crippen LogP contribution is -2.51. The van der Waals surface area contributed by atoms with Crippen LogP contribution < -0.4 is 5.32 Å². The van der Waals surface area contributed by atoms with Crippen molar-refractivity contribution >= 4 is 37.8 Å². The normalized spacial score (nSPS) is 11.3. The molecule has 0 aliphatic carbocycles. The van der Waals surface area contributed by atoms with E-state index < -0.39 is 0 Å². The van der Waals surface area contributed by atoms with Gasteiger partial charge in [-0.3, -0.25) is 4.79 Å². The van der Waals surface area contributed by atoms with Crippen LogP contribution in [-0.4, -0.2) is 22.1 Å². The fourth-order valence-electron chi connectivity index (χ4n) is 1.64. The van der Waals surface area contributed by atoms with E-state index in [1.807, 2.05) is 18.2 Å². The van der Waals surface area contributed by atoms with E-state index in [-0.39, 0.29) is 11.4 Å². The molecule has 1 N–H and O–H groups in total. The van der Waals surface area contributed by atoms with Gasteiger partial charge in [-0.15, -0.1) is 0 Å². The van der Waals surface area contributed by atoms with Gasteiger partial charge in [0.15, 0.2) is 0 Å². The molecule has 0 aliphatic heterocycles. The van der Waals surface area contributed by atoms with Gasteiger partial charge >= 0.3 is 0 Å². The van der Waals surface area contributed by atoms with Crippen LogP contribution in [0.25, 0.3) is 0 Å². The number of halogens is 2. The first-order chi connectivity index (χ1) is 8.65. The zero-order valence-corrected chi connectivity index (χ0v) is 13.8. The molecule has 4 heteroatoms. The Kier molecular flexibility index (Phi) is 6.94. The third-order valence-corrected chi connectivity index (χ3v) is 5.22. The van der Waals surface area contributed by atoms with Crippen LogP contribution in [-0.2, 0) is 11.2 Å². The van der Waals surface area contributed by atoms with Crippen molar-refractivity contribution in [2.45, 2.75) is 31.7 Å². The van der Waals surface area contributed by atoms with E-state index in [0.717, 1.165) is 23.5 Å². The summed E-state index contributed by atoms with van der Waals surface area (Å²) in [4.78, 5) is 12.0. The summed E-state index contributed by atoms with van der Waals surface area (Å²) in [5, 5.41) is 4.64. The van der Waals surface area contributed by atoms with Crippen molar-refractivity contribution in [2.24, 2.45) is 0 Å². The molecule has 1 amide bonds. The number of amides is 1. The van der Waals surface area contributed by atoms with E-state index in [1.54, 1.807) is 0 Å². The Bertz CT molecular complexity index is 355. The lowest BCUT2D eigenvalue weighted by Gasteiger charge is -2.30. The second-order valence-electron chi connectivity index (χ2n) is 4.43. The Morgan fingerprint density at radius 3 is 2.33 bits per heavy atom. The molecule has 100 valence electrons. The van der Waals surface area contributed by atoms with Gasteiger partial charge < -0.3 is 5.32 Å². The minimum Gasteiger partial charge on any atom is -0.349 e. The highest BCUT2D eigenvalue weighted by atomic mass is 79.9. The molecular weight excluding hydrogens is 358 g/mol. The smallest absolute Gasteiger partial charge is 0.220 e. The van der Waals surface area contributed by atoms with Gasteiger partial charge in [-0.2, -0.15) is 0 Å². The molecule has 0 aliphatic rings. The van der Waals surface area contributed by atoms with E-state index in [9.17, 15) is 4.79 Å². The van der Waals surface area contributed by atoms with E-state index in [2.05, 4.69) is 56.2 Å². The van der Waals surface area contributed by atoms with Gasteiger partial charge in [0, 0.05) is 17.1 Å². The summed E-state index contributed by atoms with van der Waals surface area (Å²) in [6.45, 7) is 2.08. The molecule has 0 saturated heterocycles. The van der Waals surface area contributed by atoms with Gasteiger partial charge in [0.25, 0.3) is 0 Å². The quantitative estimate of drug-likeness (QED) is 0.722. The van der Waals surface area contributed by atoms with Crippen LogP contribution in [0.5, 0.6) is 0 Å². The Hall–Kier alpha value is -0.350. The Morgan fingerprint density at radius 1 is 1.22 bits per heavy atom. The molecule has 2 nitrogen and oxygen atoms in total. The SMILES string of the molecule is CCC(CBr)(CBr)NC(=O)CCc1ccccc1. The standard InChI is InChI=1S/C14H19Br2NO/c1-2-14(10-15,11-16)17-13(18)9-8-12-6-4-3-5-7-12/h3-7H,2,8-11H2,1H3,(H,17,18). The highest BCUT2D eigenvalue weighted by Gasteiger charge is 2.27. The van der Waals surface area contributed by atoms with Gasteiger partial charge in [-0.05, 0) is 18.4 Å². The number of carbonyl (C=O) groups excluding carboxylic acids is 1. The summed E-state index contributed by atoms with van der Waals surface area (Å²) >= 11 is 6.95. The predicted octanol–water partition coefficient (Wildman–Crippen LogP) is 3.67. The maximum atomic E-state index is 12.0. The van der Waals surface area contributed by atoms with Gasteiger partial charge in [0.05, 0.1) is 5.54 Å². The molecule has 0 aromatic heterocycles. The first-order valence-electron chi connectivity index (χ1n) is 6.12. The molecule has 0 saturated carbocycles. The summed E-state index contributed by atoms with van der Waals surface area (Å²) in [5.74, 6) is 0.111. The summed E-state index contributed by atoms with van der Waals surface area (Å²) < 4.78 is 0. The van der Waals surface area contributed by atoms with Gasteiger partial charge in [0.1, 0.15) is 0 Å². The summed E-state index contributed by atoms with van der Waals surface area (Å²) in [7, 11) is 0. The highest BCUT2D eigenvalue weighted by Crippen LogP contribution is 2.17. The molecule has 1 rings (SSSR count). The van der Waals surface area contributed by atoms with Crippen LogP contribution >= 0.6 is 31.9 Å². The maximum Gasteiger partial charge on any atom is 0.220 e. The fourth-order valence-corrected chi connectivity index (χ4v) is 3.64. The van der Waals surface area contributed by atoms with E-state index in [1.165, 1.54) is 5.56 Å². The maximum absolute atomic E-state index is 12.0. The Morgan fingerprint density at radius 2 is 1.83 bits per heavy atom. The largest absolute Gasteiger partial charge is 0.349 e. The topological polar surface area (TPSA) is 29.1 Å². The number of alkyl halides is 2. The average Bonchev–Trinajstić information content (AvgIpc) is 2.44. The van der Waals surface area contributed by atoms with Crippen molar-refractivity contribution in [1.82, 2.24) is 5.32 Å². The van der Waals surface area contributed by atoms with Gasteiger partial charge in [-0.1, -0.05) is 69.1 Å². The van der Waals surface area contributed by atoms with E-state index in [0.29, 0.717) is 6.42 Å². The molecule has 1 aromatic rings. The molecule has 0 bridgehead atoms. The number of carbonyl (C=O) groups is 1. The van der Waals surface area contributed by atoms with Crippen molar-refractivity contribution < 1.29 is 4.79 Å². The van der Waals surface area contributed by atoms with Crippen LogP contribution in [0.3, 0.4) is 0 Å². The molecule has 18 heavy (non-hydrogen) atoms. The van der Waals surface area contributed by atoms with Crippen molar-refractivity contribution in [2.75, 3.05) is 10.7 Å². The summed E-state index contributed by atoms with van der Waals surface area (Å²) in [6.07, 6.45) is 2.23. The number of hydrogen-bond acceptors (Lipinski definition) is 1. The zero-order valence-electron chi connectivity index (χ0n) is 10.6. The Labute approximate surface area is 126 Å². The van der Waals surface area contributed by atoms with Crippen molar-refractivity contribution in [1.29, 1.82) is 0 Å². The molecule has 0 atom stereocenters. The van der Waals surface area contributed by atoms with Gasteiger partial charge in [-0.25, -0.2) is 0 Å². The van der Waals surface area contributed by atoms with Crippen LogP contribution in [0.15, 0.2) is 30.3 Å². The minimum atomic E-state index is -0.173. The van der Waals surface area contributed by atoms with Crippen molar-refractivity contribution in [3.05, 3.63) is 35.9 Å².